The molecule has 0 aromatic heterocycles. The molecule has 0 fully saturated rings. The van der Waals surface area contributed by atoms with E-state index >= 15 is 0 Å². The van der Waals surface area contributed by atoms with Crippen molar-refractivity contribution in [1.82, 2.24) is 10.2 Å². The molecule has 6 heteroatoms. The van der Waals surface area contributed by atoms with Crippen LogP contribution in [-0.2, 0) is 11.3 Å². The number of benzene rings is 1. The molecule has 0 saturated heterocycles. The highest BCUT2D eigenvalue weighted by Gasteiger charge is 2.14. The highest BCUT2D eigenvalue weighted by atomic mass is 35.5. The fraction of sp³-hybridized carbons (Fsp3) is 0.429. The summed E-state index contributed by atoms with van der Waals surface area (Å²) >= 11 is 11.1. The SMILES string of the molecule is CNC(=O)C(C)CN(C)Cc1ccc(C(N)=S)cc1Cl. The molecule has 20 heavy (non-hydrogen) atoms. The van der Waals surface area contributed by atoms with Gasteiger partial charge in [-0.15, -0.1) is 0 Å². The van der Waals surface area contributed by atoms with Crippen molar-refractivity contribution in [2.45, 2.75) is 13.5 Å². The molecule has 3 N–H and O–H groups in total. The first-order chi connectivity index (χ1) is 9.35. The predicted molar refractivity (Wildman–Crippen MR) is 86.9 cm³/mol. The summed E-state index contributed by atoms with van der Waals surface area (Å²) in [5.41, 5.74) is 7.31. The molecule has 0 aliphatic carbocycles. The maximum atomic E-state index is 11.5. The molecule has 0 spiro atoms. The van der Waals surface area contributed by atoms with Crippen LogP contribution in [0.2, 0.25) is 5.02 Å². The summed E-state index contributed by atoms with van der Waals surface area (Å²) in [7, 11) is 3.60. The van der Waals surface area contributed by atoms with Crippen LogP contribution in [0.25, 0.3) is 0 Å². The lowest BCUT2D eigenvalue weighted by Gasteiger charge is -2.21. The Morgan fingerprint density at radius 2 is 2.20 bits per heavy atom. The Morgan fingerprint density at radius 1 is 1.55 bits per heavy atom. The number of rotatable bonds is 6. The van der Waals surface area contributed by atoms with E-state index in [2.05, 4.69) is 10.2 Å². The molecule has 0 aliphatic rings. The molecule has 1 unspecified atom stereocenters. The predicted octanol–water partition coefficient (Wildman–Crippen LogP) is 1.79. The van der Waals surface area contributed by atoms with Crippen LogP contribution in [-0.4, -0.2) is 36.4 Å². The van der Waals surface area contributed by atoms with Crippen molar-refractivity contribution < 1.29 is 4.79 Å². The third-order valence-electron chi connectivity index (χ3n) is 3.06. The third-order valence-corrected chi connectivity index (χ3v) is 3.64. The fourth-order valence-electron chi connectivity index (χ4n) is 1.98. The molecule has 1 aromatic carbocycles. The summed E-state index contributed by atoms with van der Waals surface area (Å²) in [6, 6.07) is 5.55. The number of hydrogen-bond donors (Lipinski definition) is 2. The van der Waals surface area contributed by atoms with Crippen LogP contribution in [0, 0.1) is 5.92 Å². The minimum Gasteiger partial charge on any atom is -0.389 e. The van der Waals surface area contributed by atoms with E-state index in [4.69, 9.17) is 29.6 Å². The summed E-state index contributed by atoms with van der Waals surface area (Å²) < 4.78 is 0. The first-order valence-corrected chi connectivity index (χ1v) is 7.12. The van der Waals surface area contributed by atoms with Crippen LogP contribution in [0.5, 0.6) is 0 Å². The van der Waals surface area contributed by atoms with Gasteiger partial charge >= 0.3 is 0 Å². The average molecular weight is 314 g/mol. The van der Waals surface area contributed by atoms with Gasteiger partial charge in [0, 0.05) is 36.6 Å². The Labute approximate surface area is 130 Å². The average Bonchev–Trinajstić information content (AvgIpc) is 2.39. The zero-order valence-corrected chi connectivity index (χ0v) is 13.5. The Bertz CT molecular complexity index is 507. The highest BCUT2D eigenvalue weighted by molar-refractivity contribution is 7.80. The molecule has 0 bridgehead atoms. The Morgan fingerprint density at radius 3 is 2.70 bits per heavy atom. The summed E-state index contributed by atoms with van der Waals surface area (Å²) in [5.74, 6) is -0.0357. The smallest absolute Gasteiger partial charge is 0.223 e. The molecule has 0 aliphatic heterocycles. The van der Waals surface area contributed by atoms with Crippen molar-refractivity contribution in [3.05, 3.63) is 34.3 Å². The minimum atomic E-state index is -0.0698. The van der Waals surface area contributed by atoms with Crippen molar-refractivity contribution in [3.8, 4) is 0 Å². The first-order valence-electron chi connectivity index (χ1n) is 6.33. The van der Waals surface area contributed by atoms with Gasteiger partial charge in [-0.25, -0.2) is 0 Å². The Balaban J connectivity index is 2.69. The van der Waals surface area contributed by atoms with Gasteiger partial charge < -0.3 is 16.0 Å². The maximum absolute atomic E-state index is 11.5. The molecule has 1 amide bonds. The normalized spacial score (nSPS) is 12.2. The van der Waals surface area contributed by atoms with Crippen LogP contribution in [0.1, 0.15) is 18.1 Å². The fourth-order valence-corrected chi connectivity index (χ4v) is 2.35. The number of carbonyl (C=O) groups is 1. The molecule has 1 atom stereocenters. The van der Waals surface area contributed by atoms with Gasteiger partial charge in [-0.3, -0.25) is 4.79 Å². The summed E-state index contributed by atoms with van der Waals surface area (Å²) in [6.45, 7) is 3.22. The van der Waals surface area contributed by atoms with Crippen molar-refractivity contribution in [2.24, 2.45) is 11.7 Å². The number of nitrogens with two attached hydrogens (primary N) is 1. The van der Waals surface area contributed by atoms with E-state index in [0.717, 1.165) is 11.1 Å². The van der Waals surface area contributed by atoms with Crippen molar-refractivity contribution >= 4 is 34.7 Å². The molecule has 4 nitrogen and oxygen atoms in total. The van der Waals surface area contributed by atoms with Crippen molar-refractivity contribution in [2.75, 3.05) is 20.6 Å². The maximum Gasteiger partial charge on any atom is 0.223 e. The van der Waals surface area contributed by atoms with E-state index in [-0.39, 0.29) is 11.8 Å². The topological polar surface area (TPSA) is 58.4 Å². The summed E-state index contributed by atoms with van der Waals surface area (Å²) in [5, 5.41) is 3.28. The quantitative estimate of drug-likeness (QED) is 0.786. The zero-order chi connectivity index (χ0) is 15.3. The minimum absolute atomic E-state index is 0.0341. The number of carbonyl (C=O) groups excluding carboxylic acids is 1. The summed E-state index contributed by atoms with van der Waals surface area (Å²) in [4.78, 5) is 13.9. The van der Waals surface area contributed by atoms with Gasteiger partial charge in [-0.05, 0) is 18.7 Å². The molecule has 110 valence electrons. The van der Waals surface area contributed by atoms with E-state index in [9.17, 15) is 4.79 Å². The summed E-state index contributed by atoms with van der Waals surface area (Å²) in [6.07, 6.45) is 0. The van der Waals surface area contributed by atoms with Gasteiger partial charge in [0.25, 0.3) is 0 Å². The second kappa shape index (κ2) is 7.57. The van der Waals surface area contributed by atoms with E-state index < -0.39 is 0 Å². The zero-order valence-electron chi connectivity index (χ0n) is 11.9. The van der Waals surface area contributed by atoms with Crippen LogP contribution in [0.4, 0.5) is 0 Å². The van der Waals surface area contributed by atoms with Crippen LogP contribution in [0.3, 0.4) is 0 Å². The van der Waals surface area contributed by atoms with Gasteiger partial charge in [-0.1, -0.05) is 42.9 Å². The molecule has 0 radical (unpaired) electrons. The number of nitrogens with one attached hydrogen (secondary N) is 1. The number of nitrogens with zero attached hydrogens (tertiary/aromatic N) is 1. The van der Waals surface area contributed by atoms with Crippen LogP contribution >= 0.6 is 23.8 Å². The van der Waals surface area contributed by atoms with Gasteiger partial charge in [0.15, 0.2) is 0 Å². The second-order valence-electron chi connectivity index (χ2n) is 4.88. The number of hydrogen-bond acceptors (Lipinski definition) is 3. The number of amides is 1. The standard InChI is InChI=1S/C14H20ClN3OS/c1-9(14(19)17-2)7-18(3)8-11-5-4-10(13(16)20)6-12(11)15/h4-6,9H,7-8H2,1-3H3,(H2,16,20)(H,17,19). The van der Waals surface area contributed by atoms with Crippen LogP contribution in [0.15, 0.2) is 18.2 Å². The van der Waals surface area contributed by atoms with E-state index in [1.807, 2.05) is 26.1 Å². The Kier molecular flexibility index (Phi) is 6.39. The number of halogens is 1. The Hall–Kier alpha value is -1.17. The molecular weight excluding hydrogens is 294 g/mol. The van der Waals surface area contributed by atoms with Gasteiger partial charge in [0.1, 0.15) is 4.99 Å². The number of thiocarbonyl (C=S) groups is 1. The van der Waals surface area contributed by atoms with E-state index in [0.29, 0.717) is 23.1 Å². The monoisotopic (exact) mass is 313 g/mol. The first kappa shape index (κ1) is 16.9. The lowest BCUT2D eigenvalue weighted by molar-refractivity contribution is -0.124. The lowest BCUT2D eigenvalue weighted by Crippen LogP contribution is -2.34. The molecule has 0 saturated carbocycles. The van der Waals surface area contributed by atoms with E-state index in [1.165, 1.54) is 0 Å². The van der Waals surface area contributed by atoms with E-state index in [1.54, 1.807) is 13.1 Å². The van der Waals surface area contributed by atoms with Crippen LogP contribution < -0.4 is 11.1 Å². The van der Waals surface area contributed by atoms with Gasteiger partial charge in [0.05, 0.1) is 0 Å². The molecule has 0 heterocycles. The largest absolute Gasteiger partial charge is 0.389 e. The third kappa shape index (κ3) is 4.74. The second-order valence-corrected chi connectivity index (χ2v) is 5.73. The van der Waals surface area contributed by atoms with Crippen molar-refractivity contribution in [3.63, 3.8) is 0 Å². The van der Waals surface area contributed by atoms with Crippen molar-refractivity contribution in [1.29, 1.82) is 0 Å². The molecular formula is C14H20ClN3OS. The molecule has 1 aromatic rings. The van der Waals surface area contributed by atoms with Gasteiger partial charge in [0.2, 0.25) is 5.91 Å². The lowest BCUT2D eigenvalue weighted by atomic mass is 10.1. The highest BCUT2D eigenvalue weighted by Crippen LogP contribution is 2.19. The molecule has 1 rings (SSSR count). The van der Waals surface area contributed by atoms with Gasteiger partial charge in [-0.2, -0.15) is 0 Å².